The van der Waals surface area contributed by atoms with Gasteiger partial charge in [0.05, 0.1) is 23.3 Å². The lowest BCUT2D eigenvalue weighted by Crippen LogP contribution is -2.28. The standard InChI is InChI=1S/C12H16BrN5O/c1-9-15-12(16-19-9)11-3-2-4-17(11)5-6-18-8-10(13)7-14-18/h7-8,11H,2-6H2,1H3/t11-/m1/s1. The van der Waals surface area contributed by atoms with E-state index in [9.17, 15) is 0 Å². The van der Waals surface area contributed by atoms with E-state index in [2.05, 4.69) is 36.1 Å². The molecule has 0 N–H and O–H groups in total. The maximum absolute atomic E-state index is 5.08. The van der Waals surface area contributed by atoms with Gasteiger partial charge in [-0.1, -0.05) is 5.16 Å². The van der Waals surface area contributed by atoms with Crippen molar-refractivity contribution in [3.63, 3.8) is 0 Å². The topological polar surface area (TPSA) is 60.0 Å². The summed E-state index contributed by atoms with van der Waals surface area (Å²) in [5.41, 5.74) is 0. The Morgan fingerprint density at radius 2 is 2.37 bits per heavy atom. The molecular formula is C12H16BrN5O. The van der Waals surface area contributed by atoms with Crippen LogP contribution in [0.2, 0.25) is 0 Å². The molecule has 0 radical (unpaired) electrons. The molecule has 0 amide bonds. The molecule has 1 aliphatic heterocycles. The van der Waals surface area contributed by atoms with Crippen molar-refractivity contribution in [1.29, 1.82) is 0 Å². The van der Waals surface area contributed by atoms with Gasteiger partial charge in [0, 0.05) is 19.7 Å². The predicted molar refractivity (Wildman–Crippen MR) is 72.5 cm³/mol. The average molecular weight is 326 g/mol. The van der Waals surface area contributed by atoms with Gasteiger partial charge in [-0.15, -0.1) is 0 Å². The van der Waals surface area contributed by atoms with E-state index in [1.165, 1.54) is 6.42 Å². The van der Waals surface area contributed by atoms with Crippen LogP contribution in [-0.4, -0.2) is 37.9 Å². The minimum absolute atomic E-state index is 0.288. The van der Waals surface area contributed by atoms with Crippen LogP contribution in [0.4, 0.5) is 0 Å². The van der Waals surface area contributed by atoms with Crippen molar-refractivity contribution in [2.75, 3.05) is 13.1 Å². The second kappa shape index (κ2) is 5.42. The Morgan fingerprint density at radius 3 is 3.05 bits per heavy atom. The zero-order valence-electron chi connectivity index (χ0n) is 10.8. The van der Waals surface area contributed by atoms with Gasteiger partial charge < -0.3 is 4.52 Å². The molecule has 6 nitrogen and oxygen atoms in total. The first-order chi connectivity index (χ1) is 9.22. The normalized spacial score (nSPS) is 20.2. The fourth-order valence-corrected chi connectivity index (χ4v) is 2.86. The number of halogens is 1. The Hall–Kier alpha value is -1.21. The molecule has 0 aromatic carbocycles. The zero-order valence-corrected chi connectivity index (χ0v) is 12.4. The third-order valence-electron chi connectivity index (χ3n) is 3.42. The first kappa shape index (κ1) is 12.8. The van der Waals surface area contributed by atoms with E-state index < -0.39 is 0 Å². The quantitative estimate of drug-likeness (QED) is 0.862. The van der Waals surface area contributed by atoms with Crippen LogP contribution >= 0.6 is 15.9 Å². The van der Waals surface area contributed by atoms with Crippen molar-refractivity contribution in [2.45, 2.75) is 32.4 Å². The molecule has 102 valence electrons. The van der Waals surface area contributed by atoms with E-state index in [0.717, 1.165) is 36.4 Å². The summed E-state index contributed by atoms with van der Waals surface area (Å²) in [7, 11) is 0. The van der Waals surface area contributed by atoms with Gasteiger partial charge in [-0.25, -0.2) is 0 Å². The molecule has 19 heavy (non-hydrogen) atoms. The maximum Gasteiger partial charge on any atom is 0.223 e. The highest BCUT2D eigenvalue weighted by Crippen LogP contribution is 2.29. The Labute approximate surface area is 119 Å². The van der Waals surface area contributed by atoms with Crippen molar-refractivity contribution in [1.82, 2.24) is 24.8 Å². The zero-order chi connectivity index (χ0) is 13.2. The monoisotopic (exact) mass is 325 g/mol. The van der Waals surface area contributed by atoms with Crippen LogP contribution in [0.3, 0.4) is 0 Å². The fraction of sp³-hybridized carbons (Fsp3) is 0.583. The van der Waals surface area contributed by atoms with E-state index in [0.29, 0.717) is 5.89 Å². The van der Waals surface area contributed by atoms with E-state index >= 15 is 0 Å². The van der Waals surface area contributed by atoms with E-state index in [1.807, 2.05) is 24.0 Å². The van der Waals surface area contributed by atoms with Gasteiger partial charge in [0.15, 0.2) is 5.82 Å². The molecule has 3 heterocycles. The second-order valence-electron chi connectivity index (χ2n) is 4.79. The summed E-state index contributed by atoms with van der Waals surface area (Å²) in [6, 6.07) is 0.288. The molecular weight excluding hydrogens is 310 g/mol. The lowest BCUT2D eigenvalue weighted by molar-refractivity contribution is 0.230. The molecule has 0 bridgehead atoms. The molecule has 2 aromatic heterocycles. The van der Waals surface area contributed by atoms with Gasteiger partial charge >= 0.3 is 0 Å². The van der Waals surface area contributed by atoms with E-state index in [4.69, 9.17) is 4.52 Å². The highest BCUT2D eigenvalue weighted by Gasteiger charge is 2.29. The molecule has 1 atom stereocenters. The van der Waals surface area contributed by atoms with Gasteiger partial charge in [0.1, 0.15) is 0 Å². The first-order valence-corrected chi connectivity index (χ1v) is 7.24. The molecule has 1 aliphatic rings. The Morgan fingerprint density at radius 1 is 1.47 bits per heavy atom. The second-order valence-corrected chi connectivity index (χ2v) is 5.70. The first-order valence-electron chi connectivity index (χ1n) is 6.44. The average Bonchev–Trinajstić information content (AvgIpc) is 3.07. The summed E-state index contributed by atoms with van der Waals surface area (Å²) in [6.45, 7) is 4.74. The number of aromatic nitrogens is 4. The van der Waals surface area contributed by atoms with Crippen LogP contribution in [0, 0.1) is 6.92 Å². The van der Waals surface area contributed by atoms with Gasteiger partial charge in [-0.3, -0.25) is 9.58 Å². The summed E-state index contributed by atoms with van der Waals surface area (Å²) < 4.78 is 8.04. The smallest absolute Gasteiger partial charge is 0.223 e. The molecule has 7 heteroatoms. The Bertz CT molecular complexity index is 552. The largest absolute Gasteiger partial charge is 0.340 e. The molecule has 0 unspecified atom stereocenters. The van der Waals surface area contributed by atoms with Crippen molar-refractivity contribution in [2.24, 2.45) is 0 Å². The van der Waals surface area contributed by atoms with Crippen molar-refractivity contribution < 1.29 is 4.52 Å². The van der Waals surface area contributed by atoms with Crippen LogP contribution in [0.25, 0.3) is 0 Å². The van der Waals surface area contributed by atoms with Gasteiger partial charge in [0.2, 0.25) is 5.89 Å². The molecule has 3 rings (SSSR count). The number of likely N-dealkylation sites (tertiary alicyclic amines) is 1. The predicted octanol–water partition coefficient (Wildman–Crippen LogP) is 2.17. The number of rotatable bonds is 4. The van der Waals surface area contributed by atoms with Gasteiger partial charge in [0.25, 0.3) is 0 Å². The summed E-state index contributed by atoms with van der Waals surface area (Å²) in [4.78, 5) is 6.76. The molecule has 1 saturated heterocycles. The number of hydrogen-bond donors (Lipinski definition) is 0. The van der Waals surface area contributed by atoms with Crippen LogP contribution in [0.1, 0.15) is 30.6 Å². The number of nitrogens with zero attached hydrogens (tertiary/aromatic N) is 5. The van der Waals surface area contributed by atoms with Crippen molar-refractivity contribution in [3.05, 3.63) is 28.6 Å². The van der Waals surface area contributed by atoms with Crippen molar-refractivity contribution in [3.8, 4) is 0 Å². The van der Waals surface area contributed by atoms with Crippen LogP contribution < -0.4 is 0 Å². The molecule has 0 saturated carbocycles. The van der Waals surface area contributed by atoms with Crippen molar-refractivity contribution >= 4 is 15.9 Å². The summed E-state index contributed by atoms with van der Waals surface area (Å²) in [5, 5.41) is 8.32. The molecule has 2 aromatic rings. The lowest BCUT2D eigenvalue weighted by atomic mass is 10.2. The number of hydrogen-bond acceptors (Lipinski definition) is 5. The van der Waals surface area contributed by atoms with Gasteiger partial charge in [-0.05, 0) is 35.3 Å². The van der Waals surface area contributed by atoms with Crippen LogP contribution in [0.15, 0.2) is 21.4 Å². The SMILES string of the molecule is Cc1nc([C@H]2CCCN2CCn2cc(Br)cn2)no1. The highest BCUT2D eigenvalue weighted by atomic mass is 79.9. The number of aryl methyl sites for hydroxylation is 1. The summed E-state index contributed by atoms with van der Waals surface area (Å²) >= 11 is 3.41. The van der Waals surface area contributed by atoms with E-state index in [1.54, 1.807) is 0 Å². The summed E-state index contributed by atoms with van der Waals surface area (Å²) in [6.07, 6.45) is 6.08. The highest BCUT2D eigenvalue weighted by molar-refractivity contribution is 9.10. The maximum atomic E-state index is 5.08. The fourth-order valence-electron chi connectivity index (χ4n) is 2.53. The Balaban J connectivity index is 1.63. The van der Waals surface area contributed by atoms with Crippen LogP contribution in [0.5, 0.6) is 0 Å². The minimum Gasteiger partial charge on any atom is -0.340 e. The molecule has 1 fully saturated rings. The van der Waals surface area contributed by atoms with Crippen LogP contribution in [-0.2, 0) is 6.54 Å². The minimum atomic E-state index is 0.288. The molecule has 0 aliphatic carbocycles. The third kappa shape index (κ3) is 2.87. The van der Waals surface area contributed by atoms with Gasteiger partial charge in [-0.2, -0.15) is 10.1 Å². The summed E-state index contributed by atoms with van der Waals surface area (Å²) in [5.74, 6) is 1.45. The van der Waals surface area contributed by atoms with E-state index in [-0.39, 0.29) is 6.04 Å². The Kier molecular flexibility index (Phi) is 3.65. The lowest BCUT2D eigenvalue weighted by Gasteiger charge is -2.21. The molecule has 0 spiro atoms. The third-order valence-corrected chi connectivity index (χ3v) is 3.83.